The van der Waals surface area contributed by atoms with Gasteiger partial charge in [-0.3, -0.25) is 4.79 Å². The molecule has 1 unspecified atom stereocenters. The van der Waals surface area contributed by atoms with E-state index in [0.717, 1.165) is 0 Å². The number of ether oxygens (including phenoxy) is 3. The Morgan fingerprint density at radius 3 is 2.70 bits per heavy atom. The number of carboxylic acid groups (broad SMARTS) is 1. The molecule has 1 aromatic carbocycles. The van der Waals surface area contributed by atoms with E-state index in [4.69, 9.17) is 19.3 Å². The zero-order valence-electron chi connectivity index (χ0n) is 13.2. The Morgan fingerprint density at radius 1 is 1.35 bits per heavy atom. The van der Waals surface area contributed by atoms with E-state index in [1.54, 1.807) is 19.2 Å². The first kappa shape index (κ1) is 17.1. The van der Waals surface area contributed by atoms with Gasteiger partial charge in [0.05, 0.1) is 13.7 Å². The van der Waals surface area contributed by atoms with Gasteiger partial charge in [-0.2, -0.15) is 0 Å². The molecule has 1 heterocycles. The SMILES string of the molecule is COc1cccc(OC(C)CNC(=O)[C@@H]2CC[C@H](C(=O)O)O2)c1. The highest BCUT2D eigenvalue weighted by Crippen LogP contribution is 2.21. The van der Waals surface area contributed by atoms with Crippen molar-refractivity contribution in [1.82, 2.24) is 5.32 Å². The number of benzene rings is 1. The summed E-state index contributed by atoms with van der Waals surface area (Å²) in [5.74, 6) is -0.00294. The average Bonchev–Trinajstić information content (AvgIpc) is 3.03. The highest BCUT2D eigenvalue weighted by atomic mass is 16.5. The van der Waals surface area contributed by atoms with Gasteiger partial charge in [0, 0.05) is 6.07 Å². The highest BCUT2D eigenvalue weighted by molar-refractivity contribution is 5.82. The molecule has 1 saturated heterocycles. The lowest BCUT2D eigenvalue weighted by atomic mass is 10.2. The van der Waals surface area contributed by atoms with Gasteiger partial charge in [-0.15, -0.1) is 0 Å². The smallest absolute Gasteiger partial charge is 0.332 e. The maximum absolute atomic E-state index is 12.0. The molecule has 0 bridgehead atoms. The molecular weight excluding hydrogens is 302 g/mol. The van der Waals surface area contributed by atoms with E-state index in [-0.39, 0.29) is 12.0 Å². The lowest BCUT2D eigenvalue weighted by molar-refractivity contribution is -0.151. The number of aliphatic carboxylic acids is 1. The van der Waals surface area contributed by atoms with Crippen LogP contribution in [0.25, 0.3) is 0 Å². The Kier molecular flexibility index (Phi) is 5.81. The number of amides is 1. The lowest BCUT2D eigenvalue weighted by Gasteiger charge is -2.17. The van der Waals surface area contributed by atoms with Crippen LogP contribution in [0.3, 0.4) is 0 Å². The third-order valence-electron chi connectivity index (χ3n) is 3.53. The molecular formula is C16H21NO6. The molecule has 7 nitrogen and oxygen atoms in total. The van der Waals surface area contributed by atoms with Gasteiger partial charge in [-0.05, 0) is 31.9 Å². The zero-order valence-corrected chi connectivity index (χ0v) is 13.2. The van der Waals surface area contributed by atoms with Crippen LogP contribution in [0.2, 0.25) is 0 Å². The summed E-state index contributed by atoms with van der Waals surface area (Å²) in [7, 11) is 1.58. The monoisotopic (exact) mass is 323 g/mol. The van der Waals surface area contributed by atoms with Crippen LogP contribution >= 0.6 is 0 Å². The third kappa shape index (κ3) is 4.85. The number of carboxylic acids is 1. The molecule has 1 fully saturated rings. The largest absolute Gasteiger partial charge is 0.497 e. The molecule has 23 heavy (non-hydrogen) atoms. The third-order valence-corrected chi connectivity index (χ3v) is 3.53. The first-order valence-electron chi connectivity index (χ1n) is 7.46. The summed E-state index contributed by atoms with van der Waals surface area (Å²) in [6, 6.07) is 7.20. The second kappa shape index (κ2) is 7.82. The predicted molar refractivity (Wildman–Crippen MR) is 81.6 cm³/mol. The molecule has 1 aliphatic heterocycles. The van der Waals surface area contributed by atoms with Gasteiger partial charge in [0.15, 0.2) is 6.10 Å². The Hall–Kier alpha value is -2.28. The van der Waals surface area contributed by atoms with E-state index in [2.05, 4.69) is 5.32 Å². The summed E-state index contributed by atoms with van der Waals surface area (Å²) in [5, 5.41) is 11.6. The summed E-state index contributed by atoms with van der Waals surface area (Å²) >= 11 is 0. The molecule has 1 amide bonds. The number of methoxy groups -OCH3 is 1. The molecule has 1 aliphatic rings. The zero-order chi connectivity index (χ0) is 16.8. The number of rotatable bonds is 7. The van der Waals surface area contributed by atoms with Crippen molar-refractivity contribution in [3.63, 3.8) is 0 Å². The number of hydrogen-bond acceptors (Lipinski definition) is 5. The fourth-order valence-electron chi connectivity index (χ4n) is 2.32. The molecule has 1 aromatic rings. The quantitative estimate of drug-likeness (QED) is 0.783. The van der Waals surface area contributed by atoms with Crippen molar-refractivity contribution in [3.05, 3.63) is 24.3 Å². The van der Waals surface area contributed by atoms with Crippen molar-refractivity contribution >= 4 is 11.9 Å². The molecule has 0 spiro atoms. The number of carbonyl (C=O) groups excluding carboxylic acids is 1. The minimum Gasteiger partial charge on any atom is -0.497 e. The summed E-state index contributed by atoms with van der Waals surface area (Å²) in [4.78, 5) is 22.8. The van der Waals surface area contributed by atoms with Crippen LogP contribution < -0.4 is 14.8 Å². The van der Waals surface area contributed by atoms with Gasteiger partial charge in [0.2, 0.25) is 5.91 Å². The van der Waals surface area contributed by atoms with Crippen LogP contribution in [-0.2, 0) is 14.3 Å². The summed E-state index contributed by atoms with van der Waals surface area (Å²) in [6.07, 6.45) is -1.09. The van der Waals surface area contributed by atoms with Gasteiger partial charge in [-0.1, -0.05) is 6.07 Å². The summed E-state index contributed by atoms with van der Waals surface area (Å²) < 4.78 is 16.0. The molecule has 0 radical (unpaired) electrons. The molecule has 126 valence electrons. The molecule has 0 aromatic heterocycles. The van der Waals surface area contributed by atoms with E-state index < -0.39 is 18.2 Å². The van der Waals surface area contributed by atoms with Crippen LogP contribution in [0, 0.1) is 0 Å². The van der Waals surface area contributed by atoms with Crippen LogP contribution in [0.1, 0.15) is 19.8 Å². The number of nitrogens with one attached hydrogen (secondary N) is 1. The van der Waals surface area contributed by atoms with E-state index in [1.165, 1.54) is 0 Å². The van der Waals surface area contributed by atoms with E-state index >= 15 is 0 Å². The minimum atomic E-state index is -1.03. The Morgan fingerprint density at radius 2 is 2.04 bits per heavy atom. The van der Waals surface area contributed by atoms with Crippen molar-refractivity contribution in [2.45, 2.75) is 38.1 Å². The van der Waals surface area contributed by atoms with Gasteiger partial charge in [0.1, 0.15) is 23.7 Å². The van der Waals surface area contributed by atoms with E-state index in [9.17, 15) is 9.59 Å². The maximum atomic E-state index is 12.0. The second-order valence-electron chi connectivity index (χ2n) is 5.38. The Bertz CT molecular complexity index is 561. The Labute approximate surface area is 134 Å². The van der Waals surface area contributed by atoms with Crippen molar-refractivity contribution in [1.29, 1.82) is 0 Å². The van der Waals surface area contributed by atoms with Crippen molar-refractivity contribution in [2.24, 2.45) is 0 Å². The molecule has 0 aliphatic carbocycles. The van der Waals surface area contributed by atoms with E-state index in [0.29, 0.717) is 30.9 Å². The normalized spacial score (nSPS) is 21.5. The lowest BCUT2D eigenvalue weighted by Crippen LogP contribution is -2.40. The van der Waals surface area contributed by atoms with Gasteiger partial charge in [-0.25, -0.2) is 4.79 Å². The van der Waals surface area contributed by atoms with Crippen molar-refractivity contribution < 1.29 is 28.9 Å². The molecule has 2 rings (SSSR count). The highest BCUT2D eigenvalue weighted by Gasteiger charge is 2.34. The first-order valence-corrected chi connectivity index (χ1v) is 7.46. The maximum Gasteiger partial charge on any atom is 0.332 e. The van der Waals surface area contributed by atoms with Gasteiger partial charge < -0.3 is 24.6 Å². The summed E-state index contributed by atoms with van der Waals surface area (Å²) in [6.45, 7) is 2.13. The van der Waals surface area contributed by atoms with Gasteiger partial charge in [0.25, 0.3) is 0 Å². The fourth-order valence-corrected chi connectivity index (χ4v) is 2.32. The molecule has 7 heteroatoms. The molecule has 3 atom stereocenters. The van der Waals surface area contributed by atoms with E-state index in [1.807, 2.05) is 19.1 Å². The molecule has 0 saturated carbocycles. The number of hydrogen-bond donors (Lipinski definition) is 2. The van der Waals surface area contributed by atoms with Crippen LogP contribution in [-0.4, -0.2) is 48.9 Å². The first-order chi connectivity index (χ1) is 11.0. The molecule has 2 N–H and O–H groups in total. The number of carbonyl (C=O) groups is 2. The van der Waals surface area contributed by atoms with Crippen LogP contribution in [0.4, 0.5) is 0 Å². The standard InChI is InChI=1S/C16H21NO6/c1-10(22-12-5-3-4-11(8-12)21-2)9-17-15(18)13-6-7-14(23-13)16(19)20/h3-5,8,10,13-14H,6-7,9H2,1-2H3,(H,17,18)(H,19,20)/t10?,13-,14+/m0/s1. The van der Waals surface area contributed by atoms with Crippen LogP contribution in [0.15, 0.2) is 24.3 Å². The predicted octanol–water partition coefficient (Wildman–Crippen LogP) is 1.21. The van der Waals surface area contributed by atoms with Crippen LogP contribution in [0.5, 0.6) is 11.5 Å². The fraction of sp³-hybridized carbons (Fsp3) is 0.500. The topological polar surface area (TPSA) is 94.1 Å². The average molecular weight is 323 g/mol. The van der Waals surface area contributed by atoms with Crippen molar-refractivity contribution in [2.75, 3.05) is 13.7 Å². The van der Waals surface area contributed by atoms with Gasteiger partial charge >= 0.3 is 5.97 Å². The van der Waals surface area contributed by atoms with Crippen molar-refractivity contribution in [3.8, 4) is 11.5 Å². The second-order valence-corrected chi connectivity index (χ2v) is 5.38. The summed E-state index contributed by atoms with van der Waals surface area (Å²) in [5.41, 5.74) is 0. The Balaban J connectivity index is 1.76. The minimum absolute atomic E-state index is 0.247.